The average Bonchev–Trinajstić information content (AvgIpc) is 2.41. The third-order valence-corrected chi connectivity index (χ3v) is 3.69. The first kappa shape index (κ1) is 15.1. The molecule has 2 rings (SSSR count). The highest BCUT2D eigenvalue weighted by molar-refractivity contribution is 9.10. The molecule has 4 heteroatoms. The van der Waals surface area contributed by atoms with Crippen molar-refractivity contribution in [3.05, 3.63) is 69.7 Å². The van der Waals surface area contributed by atoms with Gasteiger partial charge in [0.25, 0.3) is 0 Å². The molecule has 0 aliphatic heterocycles. The molecule has 0 aromatic heterocycles. The highest BCUT2D eigenvalue weighted by Crippen LogP contribution is 2.19. The summed E-state index contributed by atoms with van der Waals surface area (Å²) in [6.45, 7) is -0.0384. The Hall–Kier alpha value is -1.26. The van der Waals surface area contributed by atoms with Crippen LogP contribution in [0.3, 0.4) is 0 Å². The van der Waals surface area contributed by atoms with E-state index in [1.54, 1.807) is 0 Å². The minimum Gasteiger partial charge on any atom is -0.396 e. The molecule has 1 atom stereocenters. The lowest BCUT2D eigenvalue weighted by Crippen LogP contribution is -2.14. The second-order valence-electron chi connectivity index (χ2n) is 4.82. The number of benzene rings is 2. The summed E-state index contributed by atoms with van der Waals surface area (Å²) in [4.78, 5) is 0. The van der Waals surface area contributed by atoms with Gasteiger partial charge in [-0.15, -0.1) is 0 Å². The topological polar surface area (TPSA) is 20.2 Å². The molecule has 0 amide bonds. The summed E-state index contributed by atoms with van der Waals surface area (Å²) in [5, 5.41) is 9.46. The molecule has 1 N–H and O–H groups in total. The number of aliphatic hydroxyl groups is 1. The van der Waals surface area contributed by atoms with Gasteiger partial charge >= 0.3 is 0 Å². The van der Waals surface area contributed by atoms with Crippen molar-refractivity contribution in [3.63, 3.8) is 0 Å². The second-order valence-corrected chi connectivity index (χ2v) is 5.74. The quantitative estimate of drug-likeness (QED) is 0.867. The van der Waals surface area contributed by atoms with Gasteiger partial charge in [-0.2, -0.15) is 0 Å². The molecule has 20 heavy (non-hydrogen) atoms. The summed E-state index contributed by atoms with van der Waals surface area (Å²) in [5.74, 6) is -1.24. The highest BCUT2D eigenvalue weighted by Gasteiger charge is 2.13. The number of hydrogen-bond acceptors (Lipinski definition) is 1. The standard InChI is InChI=1S/C16H15BrF2O/c17-14-3-1-2-11(8-14)6-12(10-20)7-13-4-5-15(18)9-16(13)19/h1-5,8-9,12,20H,6-7,10H2. The van der Waals surface area contributed by atoms with Crippen LogP contribution in [0.15, 0.2) is 46.9 Å². The molecule has 0 radical (unpaired) electrons. The van der Waals surface area contributed by atoms with Gasteiger partial charge in [-0.25, -0.2) is 8.78 Å². The first-order chi connectivity index (χ1) is 9.58. The second kappa shape index (κ2) is 6.95. The summed E-state index contributed by atoms with van der Waals surface area (Å²) in [5.41, 5.74) is 1.50. The SMILES string of the molecule is OCC(Cc1cccc(Br)c1)Cc1ccc(F)cc1F. The molecule has 0 bridgehead atoms. The lowest BCUT2D eigenvalue weighted by atomic mass is 9.93. The van der Waals surface area contributed by atoms with Crippen LogP contribution >= 0.6 is 15.9 Å². The summed E-state index contributed by atoms with van der Waals surface area (Å²) in [7, 11) is 0. The monoisotopic (exact) mass is 340 g/mol. The van der Waals surface area contributed by atoms with Crippen LogP contribution in [-0.2, 0) is 12.8 Å². The van der Waals surface area contributed by atoms with Crippen molar-refractivity contribution in [3.8, 4) is 0 Å². The van der Waals surface area contributed by atoms with Gasteiger partial charge < -0.3 is 5.11 Å². The van der Waals surface area contributed by atoms with Gasteiger partial charge in [-0.1, -0.05) is 34.1 Å². The van der Waals surface area contributed by atoms with Gasteiger partial charge in [0.2, 0.25) is 0 Å². The van der Waals surface area contributed by atoms with Crippen molar-refractivity contribution < 1.29 is 13.9 Å². The summed E-state index contributed by atoms with van der Waals surface area (Å²) in [6.07, 6.45) is 1.03. The van der Waals surface area contributed by atoms with Crippen LogP contribution in [0, 0.1) is 17.6 Å². The van der Waals surface area contributed by atoms with E-state index in [4.69, 9.17) is 0 Å². The smallest absolute Gasteiger partial charge is 0.129 e. The molecule has 2 aromatic carbocycles. The summed E-state index contributed by atoms with van der Waals surface area (Å²) >= 11 is 3.40. The Kier molecular flexibility index (Phi) is 5.26. The van der Waals surface area contributed by atoms with E-state index in [1.165, 1.54) is 12.1 Å². The molecule has 0 aliphatic rings. The maximum absolute atomic E-state index is 13.6. The van der Waals surface area contributed by atoms with Crippen LogP contribution < -0.4 is 0 Å². The van der Waals surface area contributed by atoms with Gasteiger partial charge in [0, 0.05) is 17.1 Å². The van der Waals surface area contributed by atoms with E-state index in [0.717, 1.165) is 16.1 Å². The lowest BCUT2D eigenvalue weighted by molar-refractivity contribution is 0.224. The average molecular weight is 341 g/mol. The molecule has 0 aliphatic carbocycles. The predicted molar refractivity (Wildman–Crippen MR) is 78.5 cm³/mol. The Labute approximate surface area is 125 Å². The first-order valence-corrected chi connectivity index (χ1v) is 7.17. The van der Waals surface area contributed by atoms with E-state index >= 15 is 0 Å². The minimum atomic E-state index is -0.584. The molecule has 0 heterocycles. The molecule has 0 saturated carbocycles. The van der Waals surface area contributed by atoms with Crippen molar-refractivity contribution in [1.82, 2.24) is 0 Å². The minimum absolute atomic E-state index is 0.0384. The molecule has 1 nitrogen and oxygen atoms in total. The number of halogens is 3. The van der Waals surface area contributed by atoms with Crippen LogP contribution in [0.4, 0.5) is 8.78 Å². The van der Waals surface area contributed by atoms with Gasteiger partial charge in [-0.3, -0.25) is 0 Å². The fourth-order valence-corrected chi connectivity index (χ4v) is 2.64. The zero-order valence-corrected chi connectivity index (χ0v) is 12.4. The normalized spacial score (nSPS) is 12.4. The van der Waals surface area contributed by atoms with Crippen LogP contribution in [-0.4, -0.2) is 11.7 Å². The Bertz CT molecular complexity index is 586. The predicted octanol–water partition coefficient (Wildman–Crippen LogP) is 4.12. The lowest BCUT2D eigenvalue weighted by Gasteiger charge is -2.15. The third kappa shape index (κ3) is 4.12. The Morgan fingerprint density at radius 3 is 2.50 bits per heavy atom. The zero-order valence-electron chi connectivity index (χ0n) is 10.8. The fourth-order valence-electron chi connectivity index (χ4n) is 2.20. The third-order valence-electron chi connectivity index (χ3n) is 3.20. The zero-order chi connectivity index (χ0) is 14.5. The van der Waals surface area contributed by atoms with E-state index in [2.05, 4.69) is 15.9 Å². The Morgan fingerprint density at radius 2 is 1.85 bits per heavy atom. The maximum atomic E-state index is 13.6. The van der Waals surface area contributed by atoms with Gasteiger partial charge in [0.15, 0.2) is 0 Å². The van der Waals surface area contributed by atoms with Gasteiger partial charge in [0.1, 0.15) is 11.6 Å². The van der Waals surface area contributed by atoms with Crippen LogP contribution in [0.2, 0.25) is 0 Å². The molecular weight excluding hydrogens is 326 g/mol. The number of hydrogen-bond donors (Lipinski definition) is 1. The van der Waals surface area contributed by atoms with Gasteiger partial charge in [-0.05, 0) is 48.1 Å². The first-order valence-electron chi connectivity index (χ1n) is 6.37. The Balaban J connectivity index is 2.09. The van der Waals surface area contributed by atoms with E-state index < -0.39 is 11.6 Å². The van der Waals surface area contributed by atoms with Crippen molar-refractivity contribution in [2.75, 3.05) is 6.61 Å². The van der Waals surface area contributed by atoms with Crippen molar-refractivity contribution in [1.29, 1.82) is 0 Å². The molecular formula is C16H15BrF2O. The molecule has 2 aromatic rings. The van der Waals surface area contributed by atoms with E-state index in [1.807, 2.05) is 24.3 Å². The van der Waals surface area contributed by atoms with Crippen molar-refractivity contribution in [2.45, 2.75) is 12.8 Å². The molecule has 0 spiro atoms. The molecule has 106 valence electrons. The highest BCUT2D eigenvalue weighted by atomic mass is 79.9. The fraction of sp³-hybridized carbons (Fsp3) is 0.250. The molecule has 0 fully saturated rings. The Morgan fingerprint density at radius 1 is 1.05 bits per heavy atom. The van der Waals surface area contributed by atoms with Crippen molar-refractivity contribution >= 4 is 15.9 Å². The maximum Gasteiger partial charge on any atom is 0.129 e. The summed E-state index contributed by atoms with van der Waals surface area (Å²) < 4.78 is 27.5. The van der Waals surface area contributed by atoms with Crippen LogP contribution in [0.5, 0.6) is 0 Å². The largest absolute Gasteiger partial charge is 0.396 e. The van der Waals surface area contributed by atoms with Gasteiger partial charge in [0.05, 0.1) is 0 Å². The van der Waals surface area contributed by atoms with Crippen LogP contribution in [0.25, 0.3) is 0 Å². The van der Waals surface area contributed by atoms with E-state index in [9.17, 15) is 13.9 Å². The number of aliphatic hydroxyl groups excluding tert-OH is 1. The van der Waals surface area contributed by atoms with E-state index in [-0.39, 0.29) is 12.5 Å². The molecule has 1 unspecified atom stereocenters. The number of rotatable bonds is 5. The van der Waals surface area contributed by atoms with Crippen LogP contribution in [0.1, 0.15) is 11.1 Å². The van der Waals surface area contributed by atoms with Crippen molar-refractivity contribution in [2.24, 2.45) is 5.92 Å². The summed E-state index contributed by atoms with van der Waals surface area (Å²) in [6, 6.07) is 11.4. The van der Waals surface area contributed by atoms with E-state index in [0.29, 0.717) is 18.4 Å². The molecule has 0 saturated heterocycles.